The van der Waals surface area contributed by atoms with E-state index in [9.17, 15) is 28.2 Å². The Kier molecular flexibility index (Phi) is 12.0. The Hall–Kier alpha value is -4.50. The van der Waals surface area contributed by atoms with Crippen LogP contribution >= 0.6 is 11.6 Å². The quantitative estimate of drug-likeness (QED) is 0.0742. The first-order chi connectivity index (χ1) is 25.9. The van der Waals surface area contributed by atoms with Crippen molar-refractivity contribution in [2.45, 2.75) is 76.3 Å². The predicted octanol–water partition coefficient (Wildman–Crippen LogP) is 7.20. The minimum absolute atomic E-state index is 0.132. The number of methoxy groups -OCH3 is 2. The summed E-state index contributed by atoms with van der Waals surface area (Å²) in [5, 5.41) is 28.5. The number of carboxylic acid groups (broad SMARTS) is 1. The van der Waals surface area contributed by atoms with Crippen LogP contribution in [0.1, 0.15) is 73.1 Å². The maximum Gasteiger partial charge on any atom is 0.437 e. The molecule has 1 saturated carbocycles. The van der Waals surface area contributed by atoms with Gasteiger partial charge in [0.2, 0.25) is 11.8 Å². The molecule has 0 saturated heterocycles. The third-order valence-corrected chi connectivity index (χ3v) is 10.7. The van der Waals surface area contributed by atoms with Gasteiger partial charge in [-0.15, -0.1) is 0 Å². The van der Waals surface area contributed by atoms with E-state index in [1.54, 1.807) is 7.11 Å². The third kappa shape index (κ3) is 8.26. The number of fused-ring (bicyclic) bond motifs is 1. The molecule has 0 aliphatic heterocycles. The van der Waals surface area contributed by atoms with Crippen molar-refractivity contribution in [3.05, 3.63) is 81.6 Å². The van der Waals surface area contributed by atoms with E-state index < -0.39 is 35.2 Å². The number of hydrogen-bond donors (Lipinski definition) is 5. The van der Waals surface area contributed by atoms with Crippen LogP contribution in [-0.4, -0.2) is 64.0 Å². The summed E-state index contributed by atoms with van der Waals surface area (Å²) in [4.78, 5) is 24.5. The first-order valence-corrected chi connectivity index (χ1v) is 18.3. The van der Waals surface area contributed by atoms with Crippen LogP contribution in [0.3, 0.4) is 0 Å². The zero-order valence-corrected chi connectivity index (χ0v) is 31.1. The molecule has 5 N–H and O–H groups in total. The molecule has 2 aliphatic rings. The second kappa shape index (κ2) is 16.5. The van der Waals surface area contributed by atoms with E-state index in [-0.39, 0.29) is 24.7 Å². The predicted molar refractivity (Wildman–Crippen MR) is 199 cm³/mol. The van der Waals surface area contributed by atoms with Crippen LogP contribution < -0.4 is 25.4 Å². The van der Waals surface area contributed by atoms with E-state index >= 15 is 0 Å². The number of aliphatic carboxylic acids is 1. The first-order valence-electron chi connectivity index (χ1n) is 18.0. The van der Waals surface area contributed by atoms with Crippen molar-refractivity contribution in [2.24, 2.45) is 5.92 Å². The summed E-state index contributed by atoms with van der Waals surface area (Å²) < 4.78 is 54.2. The molecule has 2 atom stereocenters. The highest BCUT2D eigenvalue weighted by molar-refractivity contribution is 6.36. The van der Waals surface area contributed by atoms with Gasteiger partial charge in [-0.1, -0.05) is 67.4 Å². The molecule has 11 nitrogen and oxygen atoms in total. The molecule has 2 aliphatic carbocycles. The number of hydrogen-bond acceptors (Lipinski definition) is 10. The van der Waals surface area contributed by atoms with Gasteiger partial charge in [0, 0.05) is 36.4 Å². The maximum absolute atomic E-state index is 14.4. The average Bonchev–Trinajstić information content (AvgIpc) is 3.86. The molecule has 0 bridgehead atoms. The minimum atomic E-state index is -4.85. The van der Waals surface area contributed by atoms with E-state index in [2.05, 4.69) is 32.8 Å². The number of rotatable bonds is 17. The lowest BCUT2D eigenvalue weighted by molar-refractivity contribution is -0.142. The number of benzene rings is 2. The smallest absolute Gasteiger partial charge is 0.437 e. The summed E-state index contributed by atoms with van der Waals surface area (Å²) in [6, 6.07) is 14.7. The summed E-state index contributed by atoms with van der Waals surface area (Å²) in [6.45, 7) is 3.32. The highest BCUT2D eigenvalue weighted by Gasteiger charge is 2.50. The van der Waals surface area contributed by atoms with Crippen molar-refractivity contribution in [1.82, 2.24) is 25.6 Å². The van der Waals surface area contributed by atoms with Gasteiger partial charge in [0.25, 0.3) is 0 Å². The van der Waals surface area contributed by atoms with Crippen LogP contribution in [0.15, 0.2) is 48.5 Å². The van der Waals surface area contributed by atoms with Crippen LogP contribution in [0.2, 0.25) is 5.02 Å². The second-order valence-electron chi connectivity index (χ2n) is 13.7. The van der Waals surface area contributed by atoms with Gasteiger partial charge in [-0.25, -0.2) is 9.97 Å². The minimum Gasteiger partial charge on any atom is -0.481 e. The Morgan fingerprint density at radius 2 is 1.72 bits per heavy atom. The molecule has 15 heteroatoms. The summed E-state index contributed by atoms with van der Waals surface area (Å²) in [5.74, 6) is -0.827. The zero-order valence-electron chi connectivity index (χ0n) is 30.3. The number of halogens is 4. The molecule has 2 aromatic heterocycles. The van der Waals surface area contributed by atoms with Crippen molar-refractivity contribution in [3.8, 4) is 34.1 Å². The summed E-state index contributed by atoms with van der Waals surface area (Å²) in [7, 11) is 2.85. The van der Waals surface area contributed by atoms with Gasteiger partial charge in [0.15, 0.2) is 11.5 Å². The Morgan fingerprint density at radius 1 is 1.00 bits per heavy atom. The van der Waals surface area contributed by atoms with Gasteiger partial charge < -0.3 is 30.3 Å². The van der Waals surface area contributed by atoms with Crippen LogP contribution in [0.5, 0.6) is 11.8 Å². The lowest BCUT2D eigenvalue weighted by Crippen LogP contribution is -2.39. The monoisotopic (exact) mass is 768 g/mol. The molecule has 2 aromatic carbocycles. The molecule has 0 spiro atoms. The molecule has 4 aromatic rings. The molecule has 0 amide bonds. The molecule has 6 rings (SSSR count). The number of aromatic nitrogens is 3. The molecule has 54 heavy (non-hydrogen) atoms. The van der Waals surface area contributed by atoms with Crippen LogP contribution in [-0.2, 0) is 30.5 Å². The van der Waals surface area contributed by atoms with Crippen LogP contribution in [0, 0.1) is 5.92 Å². The number of carboxylic acids is 1. The largest absolute Gasteiger partial charge is 0.481 e. The maximum atomic E-state index is 14.4. The number of aliphatic hydroxyl groups excluding tert-OH is 1. The average molecular weight is 769 g/mol. The summed E-state index contributed by atoms with van der Waals surface area (Å²) >= 11 is 7.12. The number of aliphatic hydroxyl groups is 1. The van der Waals surface area contributed by atoms with Crippen LogP contribution in [0.25, 0.3) is 22.4 Å². The lowest BCUT2D eigenvalue weighted by Gasteiger charge is -2.21. The van der Waals surface area contributed by atoms with Gasteiger partial charge in [-0.3, -0.25) is 10.1 Å². The van der Waals surface area contributed by atoms with E-state index in [0.29, 0.717) is 60.3 Å². The highest BCUT2D eigenvalue weighted by Crippen LogP contribution is 2.45. The fourth-order valence-corrected chi connectivity index (χ4v) is 7.33. The lowest BCUT2D eigenvalue weighted by atomic mass is 9.94. The normalized spacial score (nSPS) is 16.5. The van der Waals surface area contributed by atoms with E-state index in [0.717, 1.165) is 47.2 Å². The fraction of sp³-hybridized carbons (Fsp3) is 0.436. The Bertz CT molecular complexity index is 1990. The van der Waals surface area contributed by atoms with Gasteiger partial charge in [-0.05, 0) is 67.3 Å². The number of carbonyl (C=O) groups is 1. The van der Waals surface area contributed by atoms with Gasteiger partial charge in [0.05, 0.1) is 31.0 Å². The summed E-state index contributed by atoms with van der Waals surface area (Å²) in [5.41, 5.74) is 3.07. The summed E-state index contributed by atoms with van der Waals surface area (Å²) in [6.07, 6.45) is -1.35. The van der Waals surface area contributed by atoms with Gasteiger partial charge >= 0.3 is 12.1 Å². The van der Waals surface area contributed by atoms with E-state index in [1.165, 1.54) is 7.11 Å². The number of nitrogens with one attached hydrogen (secondary N) is 3. The van der Waals surface area contributed by atoms with E-state index in [4.69, 9.17) is 26.1 Å². The van der Waals surface area contributed by atoms with Crippen molar-refractivity contribution in [2.75, 3.05) is 32.7 Å². The van der Waals surface area contributed by atoms with Crippen molar-refractivity contribution in [1.29, 1.82) is 0 Å². The molecule has 2 heterocycles. The van der Waals surface area contributed by atoms with Crippen molar-refractivity contribution in [3.63, 3.8) is 0 Å². The number of ether oxygens (including phenoxy) is 2. The topological polar surface area (TPSA) is 151 Å². The molecule has 1 fully saturated rings. The Labute approximate surface area is 316 Å². The molecule has 288 valence electrons. The SMILES string of the molecule is CC[C@H](CCO)CNCc1ccc(-c2cccc(-c3cccc4c3CC[C@@H]4Nc3nc(OC)c(CNC4(C(=O)O)CC4)nc3C(F)(F)F)c2Cl)nc1OC. The standard InChI is InChI=1S/C39H44ClF3N6O5/c1-4-22(15-18-50)19-44-20-23-11-13-30(48-35(23)53-2)28-10-6-9-27(32(28)40)24-7-5-8-26-25(24)12-14-29(26)47-34-33(39(41,42)43)46-31(36(49-34)54-3)21-45-38(16-17-38)37(51)52/h5-11,13,22,29,44-45,50H,4,12,14-21H2,1-3H3,(H,47,49)(H,51,52)/t22-,29+/m1/s1. The first kappa shape index (κ1) is 39.2. The molecular weight excluding hydrogens is 725 g/mol. The molecule has 0 unspecified atom stereocenters. The molecular formula is C39H44ClF3N6O5. The number of anilines is 1. The Morgan fingerprint density at radius 3 is 2.39 bits per heavy atom. The number of nitrogens with zero attached hydrogens (tertiary/aromatic N) is 3. The Balaban J connectivity index is 1.25. The van der Waals surface area contributed by atoms with Crippen molar-refractivity contribution >= 4 is 23.4 Å². The highest BCUT2D eigenvalue weighted by atomic mass is 35.5. The van der Waals surface area contributed by atoms with Crippen LogP contribution in [0.4, 0.5) is 19.0 Å². The second-order valence-corrected chi connectivity index (χ2v) is 14.1. The van der Waals surface area contributed by atoms with Gasteiger partial charge in [-0.2, -0.15) is 18.2 Å². The fourth-order valence-electron chi connectivity index (χ4n) is 7.01. The molecule has 0 radical (unpaired) electrons. The number of pyridine rings is 1. The van der Waals surface area contributed by atoms with E-state index in [1.807, 2.05) is 48.5 Å². The third-order valence-electron chi connectivity index (χ3n) is 10.3. The zero-order chi connectivity index (χ0) is 38.6. The van der Waals surface area contributed by atoms with Crippen molar-refractivity contribution < 1.29 is 37.7 Å². The number of alkyl halides is 3. The van der Waals surface area contributed by atoms with Gasteiger partial charge in [0.1, 0.15) is 11.2 Å².